The van der Waals surface area contributed by atoms with E-state index in [0.29, 0.717) is 11.1 Å². The predicted octanol–water partition coefficient (Wildman–Crippen LogP) is 3.91. The number of aryl methyl sites for hydroxylation is 1. The highest BCUT2D eigenvalue weighted by molar-refractivity contribution is 6.34. The van der Waals surface area contributed by atoms with Crippen LogP contribution < -0.4 is 0 Å². The topological polar surface area (TPSA) is 26.0 Å². The number of benzene rings is 1. The van der Waals surface area contributed by atoms with Gasteiger partial charge in [0.1, 0.15) is 0 Å². The molecule has 0 radical (unpaired) electrons. The Morgan fingerprint density at radius 1 is 1.36 bits per heavy atom. The fourth-order valence-electron chi connectivity index (χ4n) is 1.87. The molecule has 0 bridgehead atoms. The van der Waals surface area contributed by atoms with Gasteiger partial charge in [0.05, 0.1) is 5.39 Å². The van der Waals surface area contributed by atoms with Gasteiger partial charge in [-0.05, 0) is 30.0 Å². The van der Waals surface area contributed by atoms with Crippen LogP contribution in [0.15, 0.2) is 16.7 Å². The summed E-state index contributed by atoms with van der Waals surface area (Å²) in [4.78, 5) is 0. The standard InChI is InChI=1S/C11H12ClNO/c1-6(2)9-7(3)4-5-8-10(9)11(12)13-14-8/h4-6H,1-3H3. The van der Waals surface area contributed by atoms with Crippen molar-refractivity contribution in [2.75, 3.05) is 0 Å². The monoisotopic (exact) mass is 209 g/mol. The van der Waals surface area contributed by atoms with Gasteiger partial charge in [-0.25, -0.2) is 0 Å². The van der Waals surface area contributed by atoms with Crippen LogP contribution in [-0.2, 0) is 0 Å². The normalized spacial score (nSPS) is 11.5. The number of fused-ring (bicyclic) bond motifs is 1. The van der Waals surface area contributed by atoms with E-state index in [-0.39, 0.29) is 0 Å². The van der Waals surface area contributed by atoms with Gasteiger partial charge in [0.25, 0.3) is 0 Å². The maximum atomic E-state index is 5.99. The molecule has 0 aliphatic rings. The van der Waals surface area contributed by atoms with Crippen LogP contribution in [0.4, 0.5) is 0 Å². The largest absolute Gasteiger partial charge is 0.355 e. The van der Waals surface area contributed by atoms with Gasteiger partial charge in [-0.2, -0.15) is 0 Å². The first kappa shape index (κ1) is 9.53. The van der Waals surface area contributed by atoms with Gasteiger partial charge >= 0.3 is 0 Å². The van der Waals surface area contributed by atoms with Crippen molar-refractivity contribution in [2.45, 2.75) is 26.7 Å². The van der Waals surface area contributed by atoms with Crippen molar-refractivity contribution in [3.05, 3.63) is 28.4 Å². The van der Waals surface area contributed by atoms with E-state index in [1.165, 1.54) is 11.1 Å². The minimum absolute atomic E-state index is 0.426. The summed E-state index contributed by atoms with van der Waals surface area (Å²) in [7, 11) is 0. The van der Waals surface area contributed by atoms with Crippen LogP contribution in [0, 0.1) is 6.92 Å². The maximum absolute atomic E-state index is 5.99. The molecule has 0 atom stereocenters. The number of nitrogens with zero attached hydrogens (tertiary/aromatic N) is 1. The lowest BCUT2D eigenvalue weighted by Gasteiger charge is -2.09. The van der Waals surface area contributed by atoms with Gasteiger partial charge in [0.15, 0.2) is 10.7 Å². The van der Waals surface area contributed by atoms with E-state index in [9.17, 15) is 0 Å². The summed E-state index contributed by atoms with van der Waals surface area (Å²) in [5.41, 5.74) is 3.23. The first-order valence-electron chi connectivity index (χ1n) is 4.65. The Bertz CT molecular complexity index is 473. The van der Waals surface area contributed by atoms with Crippen molar-refractivity contribution < 1.29 is 4.52 Å². The second kappa shape index (κ2) is 3.28. The molecule has 0 fully saturated rings. The molecule has 0 saturated carbocycles. The Hall–Kier alpha value is -1.02. The molecule has 3 heteroatoms. The van der Waals surface area contributed by atoms with Gasteiger partial charge in [-0.15, -0.1) is 0 Å². The Morgan fingerprint density at radius 3 is 2.71 bits per heavy atom. The minimum atomic E-state index is 0.426. The van der Waals surface area contributed by atoms with E-state index in [4.69, 9.17) is 16.1 Å². The van der Waals surface area contributed by atoms with E-state index in [1.54, 1.807) is 0 Å². The lowest BCUT2D eigenvalue weighted by Crippen LogP contribution is -1.92. The van der Waals surface area contributed by atoms with Crippen LogP contribution in [0.2, 0.25) is 5.15 Å². The highest BCUT2D eigenvalue weighted by Gasteiger charge is 2.15. The average molecular weight is 210 g/mol. The van der Waals surface area contributed by atoms with Crippen LogP contribution in [0.25, 0.3) is 11.0 Å². The second-order valence-electron chi connectivity index (χ2n) is 3.80. The van der Waals surface area contributed by atoms with Crippen molar-refractivity contribution in [1.82, 2.24) is 5.16 Å². The van der Waals surface area contributed by atoms with Crippen LogP contribution >= 0.6 is 11.6 Å². The molecule has 2 aromatic rings. The summed E-state index contributed by atoms with van der Waals surface area (Å²) < 4.78 is 5.11. The molecule has 0 aliphatic carbocycles. The first-order chi connectivity index (χ1) is 6.61. The summed E-state index contributed by atoms with van der Waals surface area (Å²) in [6.07, 6.45) is 0. The Kier molecular flexibility index (Phi) is 2.23. The maximum Gasteiger partial charge on any atom is 0.180 e. The predicted molar refractivity (Wildman–Crippen MR) is 57.8 cm³/mol. The number of hydrogen-bond acceptors (Lipinski definition) is 2. The van der Waals surface area contributed by atoms with Crippen molar-refractivity contribution in [3.8, 4) is 0 Å². The lowest BCUT2D eigenvalue weighted by atomic mass is 9.95. The smallest absolute Gasteiger partial charge is 0.180 e. The number of halogens is 1. The first-order valence-corrected chi connectivity index (χ1v) is 5.03. The van der Waals surface area contributed by atoms with Crippen molar-refractivity contribution in [1.29, 1.82) is 0 Å². The summed E-state index contributed by atoms with van der Waals surface area (Å²) in [5.74, 6) is 0.426. The zero-order valence-electron chi connectivity index (χ0n) is 8.47. The van der Waals surface area contributed by atoms with Crippen molar-refractivity contribution >= 4 is 22.6 Å². The molecule has 1 aromatic carbocycles. The molecule has 2 rings (SSSR count). The van der Waals surface area contributed by atoms with Crippen LogP contribution in [0.3, 0.4) is 0 Å². The molecule has 0 N–H and O–H groups in total. The molecule has 14 heavy (non-hydrogen) atoms. The molecular formula is C11H12ClNO. The molecule has 0 unspecified atom stereocenters. The lowest BCUT2D eigenvalue weighted by molar-refractivity contribution is 0.457. The van der Waals surface area contributed by atoms with E-state index in [2.05, 4.69) is 25.9 Å². The quantitative estimate of drug-likeness (QED) is 0.712. The fourth-order valence-corrected chi connectivity index (χ4v) is 2.10. The zero-order valence-corrected chi connectivity index (χ0v) is 9.22. The summed E-state index contributed by atoms with van der Waals surface area (Å²) >= 11 is 5.99. The third-order valence-corrected chi connectivity index (χ3v) is 2.69. The van der Waals surface area contributed by atoms with E-state index in [1.807, 2.05) is 12.1 Å². The van der Waals surface area contributed by atoms with Crippen molar-refractivity contribution in [2.24, 2.45) is 0 Å². The SMILES string of the molecule is Cc1ccc2onc(Cl)c2c1C(C)C. The van der Waals surface area contributed by atoms with E-state index in [0.717, 1.165) is 11.0 Å². The second-order valence-corrected chi connectivity index (χ2v) is 4.16. The number of rotatable bonds is 1. The Balaban J connectivity index is 2.87. The average Bonchev–Trinajstić information content (AvgIpc) is 2.47. The van der Waals surface area contributed by atoms with Gasteiger partial charge < -0.3 is 4.52 Å². The third-order valence-electron chi connectivity index (χ3n) is 2.43. The molecule has 0 amide bonds. The van der Waals surface area contributed by atoms with Crippen LogP contribution in [0.1, 0.15) is 30.9 Å². The third kappa shape index (κ3) is 1.30. The van der Waals surface area contributed by atoms with Gasteiger partial charge in [-0.1, -0.05) is 36.7 Å². The molecule has 0 spiro atoms. The highest BCUT2D eigenvalue weighted by Crippen LogP contribution is 2.33. The summed E-state index contributed by atoms with van der Waals surface area (Å²) in [6, 6.07) is 3.95. The summed E-state index contributed by atoms with van der Waals surface area (Å²) in [6.45, 7) is 6.37. The van der Waals surface area contributed by atoms with Gasteiger partial charge in [0, 0.05) is 0 Å². The van der Waals surface area contributed by atoms with Gasteiger partial charge in [-0.3, -0.25) is 0 Å². The fraction of sp³-hybridized carbons (Fsp3) is 0.364. The zero-order chi connectivity index (χ0) is 10.3. The number of hydrogen-bond donors (Lipinski definition) is 0. The summed E-state index contributed by atoms with van der Waals surface area (Å²) in [5, 5.41) is 5.20. The molecule has 1 aromatic heterocycles. The molecular weight excluding hydrogens is 198 g/mol. The Labute approximate surface area is 87.8 Å². The van der Waals surface area contributed by atoms with Crippen LogP contribution in [-0.4, -0.2) is 5.16 Å². The molecule has 2 nitrogen and oxygen atoms in total. The van der Waals surface area contributed by atoms with Crippen LogP contribution in [0.5, 0.6) is 0 Å². The highest BCUT2D eigenvalue weighted by atomic mass is 35.5. The molecule has 0 aliphatic heterocycles. The number of aromatic nitrogens is 1. The van der Waals surface area contributed by atoms with Gasteiger partial charge in [0.2, 0.25) is 0 Å². The van der Waals surface area contributed by atoms with Crippen molar-refractivity contribution in [3.63, 3.8) is 0 Å². The Morgan fingerprint density at radius 2 is 2.07 bits per heavy atom. The van der Waals surface area contributed by atoms with E-state index < -0.39 is 0 Å². The molecule has 1 heterocycles. The van der Waals surface area contributed by atoms with E-state index >= 15 is 0 Å². The minimum Gasteiger partial charge on any atom is -0.355 e. The molecule has 74 valence electrons. The molecule has 0 saturated heterocycles.